The number of hydrogen-bond donors (Lipinski definition) is 1. The summed E-state index contributed by atoms with van der Waals surface area (Å²) in [6, 6.07) is 8.84. The Balaban J connectivity index is 1.27. The fourth-order valence-corrected chi connectivity index (χ4v) is 6.00. The molecule has 2 fully saturated rings. The van der Waals surface area contributed by atoms with Crippen LogP contribution in [0.1, 0.15) is 85.0 Å². The fraction of sp³-hybridized carbons (Fsp3) is 0.533. The number of carbonyl (C=O) groups excluding carboxylic acids is 2. The van der Waals surface area contributed by atoms with E-state index < -0.39 is 27.3 Å². The molecule has 2 heterocycles. The SMILES string of the molecule is CC(C)(C)OC(=O)N1Cc2cccc(CN3CCC[C@@H](Oc4cc(F)c(C(=O)NS(C)(=O)=O)cc4C4CC4)C3)c2C1. The molecule has 1 saturated carbocycles. The first-order valence-corrected chi connectivity index (χ1v) is 16.0. The maximum Gasteiger partial charge on any atom is 0.410 e. The van der Waals surface area contributed by atoms with Crippen LogP contribution in [-0.4, -0.2) is 61.3 Å². The third-order valence-corrected chi connectivity index (χ3v) is 8.08. The van der Waals surface area contributed by atoms with Crippen molar-refractivity contribution < 1.29 is 31.9 Å². The van der Waals surface area contributed by atoms with E-state index in [9.17, 15) is 22.4 Å². The lowest BCUT2D eigenvalue weighted by molar-refractivity contribution is 0.0241. The first-order chi connectivity index (χ1) is 19.3. The van der Waals surface area contributed by atoms with Crippen LogP contribution in [0.3, 0.4) is 0 Å². The fourth-order valence-electron chi connectivity index (χ4n) is 5.55. The van der Waals surface area contributed by atoms with Gasteiger partial charge in [0, 0.05) is 25.7 Å². The average molecular weight is 588 g/mol. The molecular weight excluding hydrogens is 549 g/mol. The standard InChI is InChI=1S/C30H38FN3O6S/c1-30(2,3)40-29(36)34-16-21-8-5-7-20(25(21)18-34)15-33-12-6-9-22(17-33)39-27-14-26(31)24(13-23(27)19-10-11-19)28(35)32-41(4,37)38/h5,7-8,13-14,19,22H,6,9-12,15-18H2,1-4H3,(H,32,35)/t22-/m1/s1. The van der Waals surface area contributed by atoms with Crippen LogP contribution in [-0.2, 0) is 34.4 Å². The Kier molecular flexibility index (Phi) is 8.04. The van der Waals surface area contributed by atoms with Crippen molar-refractivity contribution in [2.75, 3.05) is 19.3 Å². The van der Waals surface area contributed by atoms with Crippen LogP contribution in [0.2, 0.25) is 0 Å². The van der Waals surface area contributed by atoms with Crippen LogP contribution >= 0.6 is 0 Å². The molecular formula is C30H38FN3O6S. The second-order valence-corrected chi connectivity index (χ2v) is 14.1. The number of fused-ring (bicyclic) bond motifs is 1. The quantitative estimate of drug-likeness (QED) is 0.501. The van der Waals surface area contributed by atoms with Crippen molar-refractivity contribution in [3.63, 3.8) is 0 Å². The summed E-state index contributed by atoms with van der Waals surface area (Å²) in [6.07, 6.45) is 3.93. The van der Waals surface area contributed by atoms with Gasteiger partial charge in [-0.05, 0) is 87.2 Å². The Morgan fingerprint density at radius 2 is 1.88 bits per heavy atom. The van der Waals surface area contributed by atoms with E-state index in [4.69, 9.17) is 9.47 Å². The number of rotatable bonds is 7. The summed E-state index contributed by atoms with van der Waals surface area (Å²) in [5.41, 5.74) is 3.34. The summed E-state index contributed by atoms with van der Waals surface area (Å²) >= 11 is 0. The van der Waals surface area contributed by atoms with Gasteiger partial charge in [0.05, 0.1) is 18.4 Å². The zero-order chi connectivity index (χ0) is 29.5. The molecule has 0 bridgehead atoms. The Labute approximate surface area is 241 Å². The van der Waals surface area contributed by atoms with E-state index in [1.54, 1.807) is 4.90 Å². The molecule has 1 aliphatic carbocycles. The molecule has 11 heteroatoms. The number of nitrogens with one attached hydrogen (secondary N) is 1. The number of amides is 2. The maximum atomic E-state index is 15.0. The van der Waals surface area contributed by atoms with Crippen LogP contribution < -0.4 is 9.46 Å². The van der Waals surface area contributed by atoms with Crippen molar-refractivity contribution in [3.05, 3.63) is 64.0 Å². The molecule has 2 amide bonds. The third kappa shape index (κ3) is 7.37. The summed E-state index contributed by atoms with van der Waals surface area (Å²) in [5, 5.41) is 0. The van der Waals surface area contributed by atoms with Gasteiger partial charge in [-0.15, -0.1) is 0 Å². The summed E-state index contributed by atoms with van der Waals surface area (Å²) in [7, 11) is -3.82. The van der Waals surface area contributed by atoms with E-state index in [0.29, 0.717) is 31.9 Å². The maximum absolute atomic E-state index is 15.0. The topological polar surface area (TPSA) is 105 Å². The number of benzene rings is 2. The molecule has 2 aromatic rings. The molecule has 5 rings (SSSR count). The highest BCUT2D eigenvalue weighted by atomic mass is 32.2. The number of piperidine rings is 1. The molecule has 41 heavy (non-hydrogen) atoms. The highest BCUT2D eigenvalue weighted by molar-refractivity contribution is 7.89. The van der Waals surface area contributed by atoms with Crippen LogP contribution in [0.25, 0.3) is 0 Å². The van der Waals surface area contributed by atoms with Crippen molar-refractivity contribution in [1.29, 1.82) is 0 Å². The van der Waals surface area contributed by atoms with Crippen LogP contribution in [0, 0.1) is 5.82 Å². The number of sulfonamides is 1. The van der Waals surface area contributed by atoms with E-state index in [0.717, 1.165) is 55.2 Å². The number of hydrogen-bond acceptors (Lipinski definition) is 7. The first-order valence-electron chi connectivity index (χ1n) is 14.1. The summed E-state index contributed by atoms with van der Waals surface area (Å²) in [5.74, 6) is -1.22. The number of likely N-dealkylation sites (tertiary alicyclic amines) is 1. The number of halogens is 1. The second kappa shape index (κ2) is 11.2. The van der Waals surface area contributed by atoms with Gasteiger partial charge in [-0.1, -0.05) is 18.2 Å². The Morgan fingerprint density at radius 1 is 1.12 bits per heavy atom. The van der Waals surface area contributed by atoms with Gasteiger partial charge in [0.25, 0.3) is 5.91 Å². The highest BCUT2D eigenvalue weighted by Gasteiger charge is 2.33. The van der Waals surface area contributed by atoms with Gasteiger partial charge in [-0.3, -0.25) is 14.6 Å². The average Bonchev–Trinajstić information content (AvgIpc) is 3.59. The Hall–Kier alpha value is -3.18. The van der Waals surface area contributed by atoms with E-state index in [2.05, 4.69) is 17.0 Å². The summed E-state index contributed by atoms with van der Waals surface area (Å²) in [4.78, 5) is 29.1. The number of nitrogens with zero attached hydrogens (tertiary/aromatic N) is 2. The molecule has 2 aliphatic heterocycles. The van der Waals surface area contributed by atoms with Crippen molar-refractivity contribution in [2.45, 2.75) is 83.7 Å². The lowest BCUT2D eigenvalue weighted by Crippen LogP contribution is -2.41. The van der Waals surface area contributed by atoms with Crippen molar-refractivity contribution in [3.8, 4) is 5.75 Å². The molecule has 0 unspecified atom stereocenters. The molecule has 3 aliphatic rings. The van der Waals surface area contributed by atoms with Crippen molar-refractivity contribution in [2.24, 2.45) is 0 Å². The van der Waals surface area contributed by atoms with Gasteiger partial charge in [0.2, 0.25) is 10.0 Å². The smallest absolute Gasteiger partial charge is 0.410 e. The summed E-state index contributed by atoms with van der Waals surface area (Å²) < 4.78 is 51.8. The minimum Gasteiger partial charge on any atom is -0.489 e. The molecule has 1 saturated heterocycles. The molecule has 0 aromatic heterocycles. The molecule has 9 nitrogen and oxygen atoms in total. The van der Waals surface area contributed by atoms with Crippen molar-refractivity contribution in [1.82, 2.24) is 14.5 Å². The van der Waals surface area contributed by atoms with Crippen LogP contribution in [0.5, 0.6) is 5.75 Å². The van der Waals surface area contributed by atoms with Gasteiger partial charge >= 0.3 is 6.09 Å². The first kappa shape index (κ1) is 29.3. The molecule has 1 atom stereocenters. The van der Waals surface area contributed by atoms with Gasteiger partial charge in [0.15, 0.2) is 0 Å². The predicted octanol–water partition coefficient (Wildman–Crippen LogP) is 4.69. The minimum atomic E-state index is -3.82. The number of carbonyl (C=O) groups is 2. The molecule has 222 valence electrons. The van der Waals surface area contributed by atoms with E-state index >= 15 is 0 Å². The Morgan fingerprint density at radius 3 is 2.56 bits per heavy atom. The Bertz CT molecular complexity index is 1450. The normalized spacial score (nSPS) is 19.5. The minimum absolute atomic E-state index is 0.161. The van der Waals surface area contributed by atoms with E-state index in [-0.39, 0.29) is 23.7 Å². The number of ether oxygens (including phenoxy) is 2. The monoisotopic (exact) mass is 587 g/mol. The van der Waals surface area contributed by atoms with E-state index in [1.165, 1.54) is 17.7 Å². The predicted molar refractivity (Wildman–Crippen MR) is 152 cm³/mol. The highest BCUT2D eigenvalue weighted by Crippen LogP contribution is 2.45. The zero-order valence-corrected chi connectivity index (χ0v) is 24.9. The third-order valence-electron chi connectivity index (χ3n) is 7.52. The second-order valence-electron chi connectivity index (χ2n) is 12.4. The van der Waals surface area contributed by atoms with Gasteiger partial charge in [-0.25, -0.2) is 22.3 Å². The van der Waals surface area contributed by atoms with Gasteiger partial charge < -0.3 is 9.47 Å². The molecule has 0 spiro atoms. The molecule has 0 radical (unpaired) electrons. The largest absolute Gasteiger partial charge is 0.489 e. The van der Waals surface area contributed by atoms with Gasteiger partial charge in [-0.2, -0.15) is 0 Å². The molecule has 1 N–H and O–H groups in total. The molecule has 2 aromatic carbocycles. The van der Waals surface area contributed by atoms with Crippen molar-refractivity contribution >= 4 is 22.0 Å². The lowest BCUT2D eigenvalue weighted by atomic mass is 10.0. The van der Waals surface area contributed by atoms with Crippen LogP contribution in [0.4, 0.5) is 9.18 Å². The van der Waals surface area contributed by atoms with E-state index in [1.807, 2.05) is 31.6 Å². The zero-order valence-electron chi connectivity index (χ0n) is 24.0. The lowest BCUT2D eigenvalue weighted by Gasteiger charge is -2.33. The van der Waals surface area contributed by atoms with Crippen LogP contribution in [0.15, 0.2) is 30.3 Å². The summed E-state index contributed by atoms with van der Waals surface area (Å²) in [6.45, 7) is 8.88. The van der Waals surface area contributed by atoms with Gasteiger partial charge in [0.1, 0.15) is 23.3 Å².